The lowest BCUT2D eigenvalue weighted by molar-refractivity contribution is 0.0772. The van der Waals surface area contributed by atoms with E-state index in [-0.39, 0.29) is 11.8 Å². The zero-order chi connectivity index (χ0) is 29.4. The van der Waals surface area contributed by atoms with E-state index in [1.54, 1.807) is 25.2 Å². The zero-order valence-corrected chi connectivity index (χ0v) is 24.5. The molecular weight excluding hydrogens is 528 g/mol. The third kappa shape index (κ3) is 5.03. The predicted molar refractivity (Wildman–Crippen MR) is 163 cm³/mol. The minimum absolute atomic E-state index is 0.0423. The maximum absolute atomic E-state index is 14.2. The van der Waals surface area contributed by atoms with Gasteiger partial charge < -0.3 is 28.7 Å². The van der Waals surface area contributed by atoms with E-state index in [9.17, 15) is 9.59 Å². The first-order chi connectivity index (χ1) is 20.4. The molecule has 0 unspecified atom stereocenters. The molecule has 0 aliphatic carbocycles. The Kier molecular flexibility index (Phi) is 7.47. The number of carbonyl (C=O) groups excluding carboxylic acids is 2. The van der Waals surface area contributed by atoms with Crippen LogP contribution in [0.25, 0.3) is 11.1 Å². The Bertz CT molecular complexity index is 1640. The van der Waals surface area contributed by atoms with Gasteiger partial charge in [-0.25, -0.2) is 0 Å². The molecule has 8 nitrogen and oxygen atoms in total. The van der Waals surface area contributed by atoms with Gasteiger partial charge in [0.2, 0.25) is 0 Å². The number of fused-ring (bicyclic) bond motifs is 2. The fraction of sp³-hybridized carbons (Fsp3) is 0.294. The summed E-state index contributed by atoms with van der Waals surface area (Å²) in [7, 11) is 7.37. The second-order valence-corrected chi connectivity index (χ2v) is 11.1. The number of hydrogen-bond acceptors (Lipinski definition) is 5. The van der Waals surface area contributed by atoms with Crippen LogP contribution in [-0.4, -0.2) is 73.6 Å². The molecule has 216 valence electrons. The number of methoxy groups -OCH3 is 2. The lowest BCUT2D eigenvalue weighted by atomic mass is 10.0. The molecule has 1 atom stereocenters. The molecular formula is C34H36N4O4. The molecule has 1 fully saturated rings. The summed E-state index contributed by atoms with van der Waals surface area (Å²) in [5, 5.41) is 0. The van der Waals surface area contributed by atoms with Crippen LogP contribution in [0.2, 0.25) is 0 Å². The Morgan fingerprint density at radius 3 is 2.45 bits per heavy atom. The summed E-state index contributed by atoms with van der Waals surface area (Å²) in [6.45, 7) is 2.34. The molecule has 3 aromatic carbocycles. The first-order valence-electron chi connectivity index (χ1n) is 14.2. The standard InChI is InChI=1S/C34H36N4O4/c1-35(2)26-16-17-36(21-26)34(40)31-15-13-27-22-38(30-11-6-5-8-25(30)20-37(27)31)33(39)24-12-14-29(32(19-24)42-4)23-9-7-10-28(18-23)41-3/h5-15,18-19,26H,16-17,20-22H2,1-4H3/t26-/m1/s1. The van der Waals surface area contributed by atoms with Crippen LogP contribution in [0.4, 0.5) is 5.69 Å². The topological polar surface area (TPSA) is 67.2 Å². The average Bonchev–Trinajstić information content (AvgIpc) is 3.64. The molecule has 2 aliphatic heterocycles. The van der Waals surface area contributed by atoms with Crippen molar-refractivity contribution in [3.63, 3.8) is 0 Å². The highest BCUT2D eigenvalue weighted by Gasteiger charge is 2.32. The first-order valence-corrected chi connectivity index (χ1v) is 14.2. The lowest BCUT2D eigenvalue weighted by Crippen LogP contribution is -2.35. The van der Waals surface area contributed by atoms with E-state index in [1.165, 1.54) is 0 Å². The van der Waals surface area contributed by atoms with Gasteiger partial charge in [0.25, 0.3) is 11.8 Å². The van der Waals surface area contributed by atoms with Crippen molar-refractivity contribution < 1.29 is 19.1 Å². The van der Waals surface area contributed by atoms with E-state index in [2.05, 4.69) is 23.6 Å². The van der Waals surface area contributed by atoms with Crippen LogP contribution in [0.3, 0.4) is 0 Å². The molecule has 0 radical (unpaired) electrons. The highest BCUT2D eigenvalue weighted by molar-refractivity contribution is 6.07. The second kappa shape index (κ2) is 11.4. The van der Waals surface area contributed by atoms with Gasteiger partial charge in [0.1, 0.15) is 17.2 Å². The van der Waals surface area contributed by atoms with Crippen molar-refractivity contribution in [1.29, 1.82) is 0 Å². The maximum Gasteiger partial charge on any atom is 0.270 e. The molecule has 1 aromatic heterocycles. The summed E-state index contributed by atoms with van der Waals surface area (Å²) in [6.07, 6.45) is 0.970. The molecule has 0 saturated carbocycles. The number of likely N-dealkylation sites (N-methyl/N-ethyl adjacent to an activating group) is 1. The van der Waals surface area contributed by atoms with E-state index in [4.69, 9.17) is 9.47 Å². The number of aromatic nitrogens is 1. The van der Waals surface area contributed by atoms with Crippen LogP contribution in [0.15, 0.2) is 78.9 Å². The highest BCUT2D eigenvalue weighted by Crippen LogP contribution is 2.35. The summed E-state index contributed by atoms with van der Waals surface area (Å²) in [5.74, 6) is 1.27. The molecule has 3 heterocycles. The molecule has 6 rings (SSSR count). The van der Waals surface area contributed by atoms with Gasteiger partial charge in [-0.2, -0.15) is 0 Å². The van der Waals surface area contributed by atoms with Gasteiger partial charge in [-0.1, -0.05) is 30.3 Å². The van der Waals surface area contributed by atoms with Crippen molar-refractivity contribution in [2.75, 3.05) is 46.3 Å². The summed E-state index contributed by atoms with van der Waals surface area (Å²) in [5.41, 5.74) is 5.76. The number of nitrogens with zero attached hydrogens (tertiary/aromatic N) is 4. The van der Waals surface area contributed by atoms with Crippen LogP contribution in [0.5, 0.6) is 11.5 Å². The smallest absolute Gasteiger partial charge is 0.270 e. The maximum atomic E-state index is 14.2. The fourth-order valence-electron chi connectivity index (χ4n) is 6.05. The normalized spacial score (nSPS) is 16.2. The fourth-order valence-corrected chi connectivity index (χ4v) is 6.05. The number of rotatable bonds is 6. The molecule has 2 aliphatic rings. The van der Waals surface area contributed by atoms with E-state index >= 15 is 0 Å². The zero-order valence-electron chi connectivity index (χ0n) is 24.5. The van der Waals surface area contributed by atoms with E-state index in [0.29, 0.717) is 36.1 Å². The van der Waals surface area contributed by atoms with Crippen molar-refractivity contribution in [2.45, 2.75) is 25.6 Å². The molecule has 0 N–H and O–H groups in total. The van der Waals surface area contributed by atoms with Crippen LogP contribution in [0.1, 0.15) is 38.5 Å². The Hall–Kier alpha value is -4.56. The molecule has 42 heavy (non-hydrogen) atoms. The number of likely N-dealkylation sites (tertiary alicyclic amines) is 1. The molecule has 2 amide bonds. The monoisotopic (exact) mass is 564 g/mol. The van der Waals surface area contributed by atoms with Crippen LogP contribution >= 0.6 is 0 Å². The van der Waals surface area contributed by atoms with Gasteiger partial charge >= 0.3 is 0 Å². The number of benzene rings is 3. The lowest BCUT2D eigenvalue weighted by Gasteiger charge is -2.23. The molecule has 0 bridgehead atoms. The molecule has 1 saturated heterocycles. The third-order valence-corrected chi connectivity index (χ3v) is 8.48. The summed E-state index contributed by atoms with van der Waals surface area (Å²) in [4.78, 5) is 33.7. The van der Waals surface area contributed by atoms with E-state index in [1.807, 2.05) is 77.7 Å². The summed E-state index contributed by atoms with van der Waals surface area (Å²) >= 11 is 0. The SMILES string of the molecule is COc1cccc(-c2ccc(C(=O)N3Cc4ccc(C(=O)N5CC[C@@H](N(C)C)C5)n4Cc4ccccc43)cc2OC)c1. The highest BCUT2D eigenvalue weighted by atomic mass is 16.5. The van der Waals surface area contributed by atoms with Crippen molar-refractivity contribution in [3.8, 4) is 22.6 Å². The number of carbonyl (C=O) groups is 2. The largest absolute Gasteiger partial charge is 0.497 e. The van der Waals surface area contributed by atoms with Gasteiger partial charge in [0.15, 0.2) is 0 Å². The Labute approximate surface area is 246 Å². The minimum Gasteiger partial charge on any atom is -0.497 e. The van der Waals surface area contributed by atoms with Gasteiger partial charge in [-0.15, -0.1) is 0 Å². The van der Waals surface area contributed by atoms with Crippen molar-refractivity contribution in [1.82, 2.24) is 14.4 Å². The average molecular weight is 565 g/mol. The quantitative estimate of drug-likeness (QED) is 0.324. The molecule has 8 heteroatoms. The van der Waals surface area contributed by atoms with Crippen molar-refractivity contribution in [2.24, 2.45) is 0 Å². The number of amides is 2. The van der Waals surface area contributed by atoms with Crippen molar-refractivity contribution >= 4 is 17.5 Å². The Morgan fingerprint density at radius 1 is 0.857 bits per heavy atom. The second-order valence-electron chi connectivity index (χ2n) is 11.1. The van der Waals surface area contributed by atoms with Gasteiger partial charge in [-0.3, -0.25) is 9.59 Å². The number of ether oxygens (including phenoxy) is 2. The Balaban J connectivity index is 1.33. The number of para-hydroxylation sites is 1. The van der Waals surface area contributed by atoms with Crippen LogP contribution < -0.4 is 14.4 Å². The van der Waals surface area contributed by atoms with Crippen LogP contribution in [0, 0.1) is 0 Å². The molecule has 0 spiro atoms. The molecule has 4 aromatic rings. The number of anilines is 1. The van der Waals surface area contributed by atoms with Crippen LogP contribution in [-0.2, 0) is 13.1 Å². The van der Waals surface area contributed by atoms with E-state index < -0.39 is 0 Å². The summed E-state index contributed by atoms with van der Waals surface area (Å²) < 4.78 is 13.2. The third-order valence-electron chi connectivity index (χ3n) is 8.48. The van der Waals surface area contributed by atoms with Gasteiger partial charge in [0, 0.05) is 41.6 Å². The van der Waals surface area contributed by atoms with E-state index in [0.717, 1.165) is 53.3 Å². The van der Waals surface area contributed by atoms with Gasteiger partial charge in [0.05, 0.1) is 27.3 Å². The Morgan fingerprint density at radius 2 is 1.69 bits per heavy atom. The number of hydrogen-bond donors (Lipinski definition) is 0. The summed E-state index contributed by atoms with van der Waals surface area (Å²) in [6, 6.07) is 25.5. The van der Waals surface area contributed by atoms with Gasteiger partial charge in [-0.05, 0) is 80.2 Å². The first kappa shape index (κ1) is 27.6. The van der Waals surface area contributed by atoms with Crippen molar-refractivity contribution in [3.05, 3.63) is 101 Å². The minimum atomic E-state index is -0.131. The predicted octanol–water partition coefficient (Wildman–Crippen LogP) is 5.16.